The van der Waals surface area contributed by atoms with E-state index in [0.717, 1.165) is 45.8 Å². The molecular formula is C26H25N5O3. The van der Waals surface area contributed by atoms with Crippen LogP contribution in [0.5, 0.6) is 5.75 Å². The molecule has 34 heavy (non-hydrogen) atoms. The summed E-state index contributed by atoms with van der Waals surface area (Å²) in [6.45, 7) is 0.877. The summed E-state index contributed by atoms with van der Waals surface area (Å²) in [6.07, 6.45) is 5.74. The third-order valence-electron chi connectivity index (χ3n) is 5.79. The van der Waals surface area contributed by atoms with Gasteiger partial charge >= 0.3 is 0 Å². The molecule has 0 saturated carbocycles. The van der Waals surface area contributed by atoms with Gasteiger partial charge in [0.05, 0.1) is 17.6 Å². The predicted molar refractivity (Wildman–Crippen MR) is 129 cm³/mol. The number of carbonyl (C=O) groups is 2. The lowest BCUT2D eigenvalue weighted by Crippen LogP contribution is -2.23. The van der Waals surface area contributed by atoms with Crippen molar-refractivity contribution < 1.29 is 14.3 Å². The number of para-hydroxylation sites is 2. The van der Waals surface area contributed by atoms with Crippen LogP contribution in [0.25, 0.3) is 16.9 Å². The number of fused-ring (bicyclic) bond motifs is 2. The minimum Gasteiger partial charge on any atom is -0.494 e. The summed E-state index contributed by atoms with van der Waals surface area (Å²) in [6, 6.07) is 17.5. The van der Waals surface area contributed by atoms with Crippen molar-refractivity contribution in [1.29, 1.82) is 0 Å². The smallest absolute Gasteiger partial charge is 0.224 e. The van der Waals surface area contributed by atoms with Crippen LogP contribution in [0.15, 0.2) is 67.1 Å². The molecule has 2 N–H and O–H groups in total. The van der Waals surface area contributed by atoms with Gasteiger partial charge in [-0.3, -0.25) is 14.2 Å². The van der Waals surface area contributed by atoms with Crippen LogP contribution in [0.3, 0.4) is 0 Å². The number of ether oxygens (including phenoxy) is 1. The van der Waals surface area contributed by atoms with E-state index in [-0.39, 0.29) is 11.8 Å². The molecule has 1 aliphatic rings. The molecule has 2 aromatic carbocycles. The second-order valence-electron chi connectivity index (χ2n) is 8.22. The highest BCUT2D eigenvalue weighted by Gasteiger charge is 2.15. The van der Waals surface area contributed by atoms with E-state index in [0.29, 0.717) is 32.4 Å². The van der Waals surface area contributed by atoms with Gasteiger partial charge in [-0.25, -0.2) is 9.97 Å². The number of pyridine rings is 1. The number of nitrogens with zero attached hydrogens (tertiary/aromatic N) is 3. The highest BCUT2D eigenvalue weighted by atomic mass is 16.5. The topological polar surface area (TPSA) is 98.1 Å². The zero-order valence-electron chi connectivity index (χ0n) is 18.7. The van der Waals surface area contributed by atoms with E-state index in [1.165, 1.54) is 0 Å². The molecule has 0 saturated heterocycles. The molecule has 2 amide bonds. The first-order valence-electron chi connectivity index (χ1n) is 11.4. The number of carbonyl (C=O) groups excluding carboxylic acids is 2. The number of hydrogen-bond acceptors (Lipinski definition) is 5. The quantitative estimate of drug-likeness (QED) is 0.394. The van der Waals surface area contributed by atoms with Crippen LogP contribution in [-0.2, 0) is 22.6 Å². The molecule has 0 spiro atoms. The number of aryl methyl sites for hydroxylation is 1. The third kappa shape index (κ3) is 4.91. The number of hydrogen-bond donors (Lipinski definition) is 2. The number of aromatic nitrogens is 3. The molecule has 0 fully saturated rings. The van der Waals surface area contributed by atoms with Gasteiger partial charge in [-0.2, -0.15) is 0 Å². The van der Waals surface area contributed by atoms with E-state index in [9.17, 15) is 9.59 Å². The van der Waals surface area contributed by atoms with Gasteiger partial charge in [0.2, 0.25) is 11.8 Å². The van der Waals surface area contributed by atoms with Gasteiger partial charge in [-0.1, -0.05) is 18.2 Å². The average molecular weight is 456 g/mol. The van der Waals surface area contributed by atoms with Gasteiger partial charge in [-0.15, -0.1) is 0 Å². The first-order valence-corrected chi connectivity index (χ1v) is 11.4. The fraction of sp³-hybridized carbons (Fsp3) is 0.231. The van der Waals surface area contributed by atoms with Crippen molar-refractivity contribution in [3.8, 4) is 11.6 Å². The lowest BCUT2D eigenvalue weighted by Gasteiger charge is -2.17. The van der Waals surface area contributed by atoms with Crippen molar-refractivity contribution in [2.45, 2.75) is 32.2 Å². The highest BCUT2D eigenvalue weighted by molar-refractivity contribution is 5.94. The number of imidazole rings is 1. The molecule has 0 atom stereocenters. The number of rotatable bonds is 8. The molecule has 8 nitrogen and oxygen atoms in total. The molecular weight excluding hydrogens is 430 g/mol. The van der Waals surface area contributed by atoms with Crippen molar-refractivity contribution >= 4 is 28.5 Å². The van der Waals surface area contributed by atoms with Crippen LogP contribution >= 0.6 is 0 Å². The Balaban J connectivity index is 1.06. The van der Waals surface area contributed by atoms with Crippen LogP contribution in [0, 0.1) is 0 Å². The minimum atomic E-state index is -0.0265. The number of benzene rings is 2. The Hall–Kier alpha value is -4.20. The fourth-order valence-electron chi connectivity index (χ4n) is 3.97. The molecule has 1 aliphatic heterocycles. The minimum absolute atomic E-state index is 0.0265. The number of nitrogens with one attached hydrogen (secondary N) is 2. The Labute approximate surface area is 197 Å². The molecule has 2 aromatic heterocycles. The molecule has 5 rings (SSSR count). The third-order valence-corrected chi connectivity index (χ3v) is 5.79. The molecule has 4 aromatic rings. The first kappa shape index (κ1) is 21.6. The summed E-state index contributed by atoms with van der Waals surface area (Å²) < 4.78 is 7.72. The predicted octanol–water partition coefficient (Wildman–Crippen LogP) is 3.78. The fourth-order valence-corrected chi connectivity index (χ4v) is 3.97. The lowest BCUT2D eigenvalue weighted by atomic mass is 10.0. The molecule has 0 unspecified atom stereocenters. The van der Waals surface area contributed by atoms with Crippen LogP contribution < -0.4 is 15.4 Å². The normalized spacial score (nSPS) is 12.8. The molecule has 0 aliphatic carbocycles. The number of anilines is 1. The summed E-state index contributed by atoms with van der Waals surface area (Å²) in [5.41, 5.74) is 4.78. The van der Waals surface area contributed by atoms with Crippen LogP contribution in [0.1, 0.15) is 30.4 Å². The maximum absolute atomic E-state index is 12.2. The van der Waals surface area contributed by atoms with Gasteiger partial charge in [0.25, 0.3) is 0 Å². The molecule has 172 valence electrons. The van der Waals surface area contributed by atoms with E-state index >= 15 is 0 Å². The van der Waals surface area contributed by atoms with Gasteiger partial charge in [0, 0.05) is 31.3 Å². The van der Waals surface area contributed by atoms with Crippen molar-refractivity contribution in [2.75, 3.05) is 11.9 Å². The molecule has 0 bridgehead atoms. The van der Waals surface area contributed by atoms with E-state index < -0.39 is 0 Å². The molecule has 8 heteroatoms. The van der Waals surface area contributed by atoms with Crippen molar-refractivity contribution in [3.63, 3.8) is 0 Å². The summed E-state index contributed by atoms with van der Waals surface area (Å²) >= 11 is 0. The van der Waals surface area contributed by atoms with Crippen molar-refractivity contribution in [3.05, 3.63) is 78.2 Å². The standard InChI is InChI=1S/C26H25N5O3/c32-25(6-3-13-34-20-9-10-21-19(14-20)8-12-26(33)30-21)28-16-18-7-11-24(27-15-18)31-17-29-22-4-1-2-5-23(22)31/h1-2,4-5,7,9-11,14-15,17H,3,6,8,12-13,16H2,(H,28,32)(H,30,33). The van der Waals surface area contributed by atoms with Gasteiger partial charge < -0.3 is 15.4 Å². The van der Waals surface area contributed by atoms with Crippen LogP contribution in [-0.4, -0.2) is 33.0 Å². The average Bonchev–Trinajstić information content (AvgIpc) is 3.30. The Morgan fingerprint density at radius 1 is 1.09 bits per heavy atom. The highest BCUT2D eigenvalue weighted by Crippen LogP contribution is 2.26. The zero-order chi connectivity index (χ0) is 23.3. The largest absolute Gasteiger partial charge is 0.494 e. The van der Waals surface area contributed by atoms with E-state index in [2.05, 4.69) is 20.6 Å². The summed E-state index contributed by atoms with van der Waals surface area (Å²) in [5, 5.41) is 5.79. The van der Waals surface area contributed by atoms with Crippen molar-refractivity contribution in [1.82, 2.24) is 19.9 Å². The van der Waals surface area contributed by atoms with Crippen LogP contribution in [0.2, 0.25) is 0 Å². The zero-order valence-corrected chi connectivity index (χ0v) is 18.7. The monoisotopic (exact) mass is 455 g/mol. The lowest BCUT2D eigenvalue weighted by molar-refractivity contribution is -0.121. The SMILES string of the molecule is O=C(CCCOc1ccc2c(c1)CCC(=O)N2)NCc1ccc(-n2cnc3ccccc32)nc1. The Morgan fingerprint density at radius 2 is 2.00 bits per heavy atom. The second-order valence-corrected chi connectivity index (χ2v) is 8.22. The molecule has 3 heterocycles. The van der Waals surface area contributed by atoms with Crippen molar-refractivity contribution in [2.24, 2.45) is 0 Å². The van der Waals surface area contributed by atoms with E-state index in [1.54, 1.807) is 12.5 Å². The van der Waals surface area contributed by atoms with Gasteiger partial charge in [0.15, 0.2) is 0 Å². The van der Waals surface area contributed by atoms with Gasteiger partial charge in [0.1, 0.15) is 17.9 Å². The summed E-state index contributed by atoms with van der Waals surface area (Å²) in [5.74, 6) is 1.56. The maximum Gasteiger partial charge on any atom is 0.224 e. The van der Waals surface area contributed by atoms with E-state index in [1.807, 2.05) is 59.2 Å². The second kappa shape index (κ2) is 9.74. The van der Waals surface area contributed by atoms with E-state index in [4.69, 9.17) is 4.74 Å². The Morgan fingerprint density at radius 3 is 2.88 bits per heavy atom. The number of amides is 2. The van der Waals surface area contributed by atoms with Crippen LogP contribution in [0.4, 0.5) is 5.69 Å². The molecule has 0 radical (unpaired) electrons. The Kier molecular flexibility index (Phi) is 6.20. The van der Waals surface area contributed by atoms with Gasteiger partial charge in [-0.05, 0) is 60.4 Å². The Bertz CT molecular complexity index is 1330. The maximum atomic E-state index is 12.2. The first-order chi connectivity index (χ1) is 16.7. The summed E-state index contributed by atoms with van der Waals surface area (Å²) in [7, 11) is 0. The summed E-state index contributed by atoms with van der Waals surface area (Å²) in [4.78, 5) is 32.6.